The first-order valence-electron chi connectivity index (χ1n) is 7.81. The van der Waals surface area contributed by atoms with Crippen molar-refractivity contribution >= 4 is 0 Å². The van der Waals surface area contributed by atoms with Crippen LogP contribution in [0.3, 0.4) is 0 Å². The first-order chi connectivity index (χ1) is 11.1. The average molecular weight is 320 g/mol. The summed E-state index contributed by atoms with van der Waals surface area (Å²) in [5.41, 5.74) is 1.10. The van der Waals surface area contributed by atoms with E-state index in [1.165, 1.54) is 6.07 Å². The van der Waals surface area contributed by atoms with E-state index in [0.717, 1.165) is 18.7 Å². The molecule has 0 bridgehead atoms. The highest BCUT2D eigenvalue weighted by atomic mass is 19.1. The summed E-state index contributed by atoms with van der Waals surface area (Å²) in [5.74, 6) is 0.515. The number of aromatic nitrogens is 1. The number of nitrogens with zero attached hydrogens (tertiary/aromatic N) is 2. The van der Waals surface area contributed by atoms with Crippen molar-refractivity contribution in [3.8, 4) is 11.5 Å². The summed E-state index contributed by atoms with van der Waals surface area (Å²) in [6.45, 7) is 3.63. The van der Waals surface area contributed by atoms with Crippen LogP contribution in [0.5, 0.6) is 0 Å². The molecular weight excluding hydrogens is 299 g/mol. The molecule has 1 aliphatic rings. The summed E-state index contributed by atoms with van der Waals surface area (Å²) in [4.78, 5) is 6.50. The number of hydrogen-bond donors (Lipinski definition) is 2. The van der Waals surface area contributed by atoms with Crippen LogP contribution in [-0.4, -0.2) is 45.9 Å². The molecule has 0 saturated carbocycles. The van der Waals surface area contributed by atoms with E-state index in [1.54, 1.807) is 18.2 Å². The first-order valence-corrected chi connectivity index (χ1v) is 7.81. The van der Waals surface area contributed by atoms with E-state index in [1.807, 2.05) is 6.92 Å². The van der Waals surface area contributed by atoms with Crippen molar-refractivity contribution in [2.75, 3.05) is 19.7 Å². The number of β-amino-alcohol motifs (C(OH)–C–C–N with tert-alkyl or cyclic N) is 1. The second-order valence-electron chi connectivity index (χ2n) is 6.04. The molecule has 1 aromatic heterocycles. The second kappa shape index (κ2) is 6.78. The number of aryl methyl sites for hydroxylation is 1. The summed E-state index contributed by atoms with van der Waals surface area (Å²) in [5, 5.41) is 19.2. The molecule has 5 nitrogen and oxygen atoms in total. The monoisotopic (exact) mass is 320 g/mol. The van der Waals surface area contributed by atoms with Crippen LogP contribution in [0, 0.1) is 18.7 Å². The van der Waals surface area contributed by atoms with Crippen molar-refractivity contribution < 1.29 is 19.0 Å². The van der Waals surface area contributed by atoms with Gasteiger partial charge >= 0.3 is 0 Å². The number of halogens is 1. The molecule has 6 heteroatoms. The van der Waals surface area contributed by atoms with Crippen molar-refractivity contribution in [2.45, 2.75) is 26.0 Å². The number of likely N-dealkylation sites (tertiary alicyclic amines) is 1. The normalized spacial score (nSPS) is 22.4. The quantitative estimate of drug-likeness (QED) is 0.901. The maximum atomic E-state index is 13.8. The average Bonchev–Trinajstić information content (AvgIpc) is 2.89. The van der Waals surface area contributed by atoms with Gasteiger partial charge in [-0.2, -0.15) is 0 Å². The lowest BCUT2D eigenvalue weighted by molar-refractivity contribution is -0.00487. The second-order valence-corrected chi connectivity index (χ2v) is 6.04. The van der Waals surface area contributed by atoms with E-state index in [2.05, 4.69) is 9.88 Å². The fourth-order valence-corrected chi connectivity index (χ4v) is 2.94. The van der Waals surface area contributed by atoms with Crippen molar-refractivity contribution in [3.05, 3.63) is 41.5 Å². The molecule has 0 aliphatic carbocycles. The molecule has 23 heavy (non-hydrogen) atoms. The number of benzene rings is 1. The van der Waals surface area contributed by atoms with Gasteiger partial charge in [0.15, 0.2) is 0 Å². The molecule has 0 radical (unpaired) electrons. The van der Waals surface area contributed by atoms with Gasteiger partial charge in [-0.1, -0.05) is 12.1 Å². The van der Waals surface area contributed by atoms with Gasteiger partial charge in [0.05, 0.1) is 17.4 Å². The number of hydrogen-bond acceptors (Lipinski definition) is 5. The van der Waals surface area contributed by atoms with Crippen LogP contribution in [0.15, 0.2) is 28.7 Å². The van der Waals surface area contributed by atoms with E-state index in [0.29, 0.717) is 24.4 Å². The minimum absolute atomic E-state index is 0.00935. The Labute approximate surface area is 134 Å². The zero-order valence-electron chi connectivity index (χ0n) is 13.1. The van der Waals surface area contributed by atoms with Crippen LogP contribution in [0.4, 0.5) is 4.39 Å². The highest BCUT2D eigenvalue weighted by molar-refractivity contribution is 5.54. The largest absolute Gasteiger partial charge is 0.441 e. The van der Waals surface area contributed by atoms with Gasteiger partial charge in [0.25, 0.3) is 0 Å². The summed E-state index contributed by atoms with van der Waals surface area (Å²) in [7, 11) is 0. The van der Waals surface area contributed by atoms with Gasteiger partial charge in [0.2, 0.25) is 5.89 Å². The lowest BCUT2D eigenvalue weighted by atomic mass is 9.95. The topological polar surface area (TPSA) is 69.7 Å². The fraction of sp³-hybridized carbons (Fsp3) is 0.471. The van der Waals surface area contributed by atoms with Crippen LogP contribution in [-0.2, 0) is 6.54 Å². The third-order valence-corrected chi connectivity index (χ3v) is 4.41. The number of aliphatic hydroxyl groups is 2. The molecule has 1 aromatic carbocycles. The molecule has 0 unspecified atom stereocenters. The zero-order chi connectivity index (χ0) is 16.4. The van der Waals surface area contributed by atoms with Gasteiger partial charge in [0.1, 0.15) is 11.6 Å². The maximum absolute atomic E-state index is 13.8. The van der Waals surface area contributed by atoms with E-state index in [-0.39, 0.29) is 24.2 Å². The lowest BCUT2D eigenvalue weighted by Crippen LogP contribution is -2.44. The molecule has 2 atom stereocenters. The molecular formula is C17H21FN2O3. The predicted molar refractivity (Wildman–Crippen MR) is 83.1 cm³/mol. The first kappa shape index (κ1) is 16.1. The van der Waals surface area contributed by atoms with Gasteiger partial charge in [0, 0.05) is 25.6 Å². The van der Waals surface area contributed by atoms with Crippen molar-refractivity contribution in [1.82, 2.24) is 9.88 Å². The van der Waals surface area contributed by atoms with Gasteiger partial charge in [-0.3, -0.25) is 4.90 Å². The molecule has 3 rings (SSSR count). The maximum Gasteiger partial charge on any atom is 0.229 e. The van der Waals surface area contributed by atoms with E-state index in [4.69, 9.17) is 4.42 Å². The third-order valence-electron chi connectivity index (χ3n) is 4.41. The summed E-state index contributed by atoms with van der Waals surface area (Å²) in [6, 6.07) is 6.39. The third kappa shape index (κ3) is 3.44. The predicted octanol–water partition coefficient (Wildman–Crippen LogP) is 1.96. The number of piperidine rings is 1. The Balaban J connectivity index is 1.74. The van der Waals surface area contributed by atoms with E-state index >= 15 is 0 Å². The van der Waals surface area contributed by atoms with Crippen LogP contribution in [0.2, 0.25) is 0 Å². The Morgan fingerprint density at radius 1 is 1.39 bits per heavy atom. The molecule has 0 spiro atoms. The Bertz CT molecular complexity index is 674. The van der Waals surface area contributed by atoms with Crippen LogP contribution in [0.25, 0.3) is 11.5 Å². The van der Waals surface area contributed by atoms with Crippen LogP contribution < -0.4 is 0 Å². The molecule has 1 fully saturated rings. The molecule has 2 heterocycles. The minimum atomic E-state index is -0.535. The molecule has 2 N–H and O–H groups in total. The molecule has 0 amide bonds. The molecule has 2 aromatic rings. The molecule has 124 valence electrons. The minimum Gasteiger partial charge on any atom is -0.441 e. The fourth-order valence-electron chi connectivity index (χ4n) is 2.94. The van der Waals surface area contributed by atoms with Crippen molar-refractivity contribution in [2.24, 2.45) is 5.92 Å². The smallest absolute Gasteiger partial charge is 0.229 e. The van der Waals surface area contributed by atoms with Gasteiger partial charge < -0.3 is 14.6 Å². The summed E-state index contributed by atoms with van der Waals surface area (Å²) in [6.07, 6.45) is 0.210. The highest BCUT2D eigenvalue weighted by Gasteiger charge is 2.28. The van der Waals surface area contributed by atoms with Gasteiger partial charge in [-0.05, 0) is 32.0 Å². The van der Waals surface area contributed by atoms with Crippen LogP contribution >= 0.6 is 0 Å². The standard InChI is InChI=1S/C17H21FN2O3/c1-11-15(8-20-7-6-12(10-21)16(22)9-20)19-17(23-11)13-4-2-3-5-14(13)18/h2-5,12,16,21-22H,6-10H2,1H3/t12-,16-/m1/s1. The molecule has 1 saturated heterocycles. The Hall–Kier alpha value is -1.76. The van der Waals surface area contributed by atoms with Crippen molar-refractivity contribution in [3.63, 3.8) is 0 Å². The Kier molecular flexibility index (Phi) is 4.75. The highest BCUT2D eigenvalue weighted by Crippen LogP contribution is 2.26. The summed E-state index contributed by atoms with van der Waals surface area (Å²) >= 11 is 0. The van der Waals surface area contributed by atoms with E-state index in [9.17, 15) is 14.6 Å². The van der Waals surface area contributed by atoms with Crippen LogP contribution in [0.1, 0.15) is 17.9 Å². The molecule has 1 aliphatic heterocycles. The lowest BCUT2D eigenvalue weighted by Gasteiger charge is -2.34. The number of oxazole rings is 1. The Morgan fingerprint density at radius 3 is 2.87 bits per heavy atom. The number of rotatable bonds is 4. The SMILES string of the molecule is Cc1oc(-c2ccccc2F)nc1CN1CC[C@H](CO)[C@H](O)C1. The summed E-state index contributed by atoms with van der Waals surface area (Å²) < 4.78 is 19.5. The van der Waals surface area contributed by atoms with Gasteiger partial charge in [-0.15, -0.1) is 0 Å². The zero-order valence-corrected chi connectivity index (χ0v) is 13.1. The van der Waals surface area contributed by atoms with E-state index < -0.39 is 6.10 Å². The van der Waals surface area contributed by atoms with Crippen molar-refractivity contribution in [1.29, 1.82) is 0 Å². The Morgan fingerprint density at radius 2 is 2.17 bits per heavy atom. The number of aliphatic hydroxyl groups excluding tert-OH is 2. The van der Waals surface area contributed by atoms with Gasteiger partial charge in [-0.25, -0.2) is 9.37 Å².